The number of fused-ring (bicyclic) bond motifs is 1. The molecule has 11 heteroatoms. The van der Waals surface area contributed by atoms with E-state index in [1.807, 2.05) is 12.1 Å². The molecule has 2 aliphatic rings. The van der Waals surface area contributed by atoms with Crippen LogP contribution in [0.2, 0.25) is 0 Å². The van der Waals surface area contributed by atoms with Crippen LogP contribution < -0.4 is 13.8 Å². The summed E-state index contributed by atoms with van der Waals surface area (Å²) in [5.41, 5.74) is 0.462. The monoisotopic (exact) mass is 516 g/mol. The molecule has 0 aliphatic carbocycles. The third kappa shape index (κ3) is 5.92. The van der Waals surface area contributed by atoms with E-state index in [1.54, 1.807) is 6.07 Å². The van der Waals surface area contributed by atoms with Crippen LogP contribution in [-0.2, 0) is 10.0 Å². The van der Waals surface area contributed by atoms with Crippen molar-refractivity contribution in [2.24, 2.45) is 0 Å². The molecule has 2 aromatic rings. The van der Waals surface area contributed by atoms with Crippen LogP contribution in [0, 0.1) is 0 Å². The molecule has 0 N–H and O–H groups in total. The highest BCUT2D eigenvalue weighted by Gasteiger charge is 2.33. The van der Waals surface area contributed by atoms with Crippen molar-refractivity contribution in [1.82, 2.24) is 4.90 Å². The molecule has 2 aromatic carbocycles. The Labute approximate surface area is 202 Å². The number of likely N-dealkylation sites (tertiary alicyclic amines) is 1. The Bertz CT molecular complexity index is 1110. The minimum atomic E-state index is -4.91. The fourth-order valence-electron chi connectivity index (χ4n) is 4.25. The normalized spacial score (nSPS) is 19.2. The Morgan fingerprint density at radius 2 is 1.94 bits per heavy atom. The smallest absolute Gasteiger partial charge is 0.493 e. The standard InChI is InChI=1S/C23H27F3N2O4S2/c1-17-5-3-10-27(17)11-4-13-31-18-8-9-22-21(16-18)28(12-14-33-22)34(29,30)20-7-2-6-19(15-20)32-23(24,25)26/h2,6-9,15-17H,3-5,10-14H2,1H3. The average Bonchev–Trinajstić information content (AvgIpc) is 3.19. The molecule has 0 amide bonds. The predicted octanol–water partition coefficient (Wildman–Crippen LogP) is 5.14. The van der Waals surface area contributed by atoms with Crippen molar-refractivity contribution in [1.29, 1.82) is 0 Å². The number of hydrogen-bond acceptors (Lipinski definition) is 6. The molecule has 0 spiro atoms. The van der Waals surface area contributed by atoms with Gasteiger partial charge in [0.05, 0.1) is 17.2 Å². The average molecular weight is 517 g/mol. The van der Waals surface area contributed by atoms with Crippen molar-refractivity contribution in [3.63, 3.8) is 0 Å². The maximum absolute atomic E-state index is 13.4. The molecule has 1 unspecified atom stereocenters. The molecule has 0 bridgehead atoms. The number of thioether (sulfide) groups is 1. The van der Waals surface area contributed by atoms with Crippen molar-refractivity contribution in [2.75, 3.05) is 36.3 Å². The Balaban J connectivity index is 1.49. The van der Waals surface area contributed by atoms with Crippen LogP contribution in [0.3, 0.4) is 0 Å². The van der Waals surface area contributed by atoms with Gasteiger partial charge >= 0.3 is 6.36 Å². The number of hydrogen-bond donors (Lipinski definition) is 0. The van der Waals surface area contributed by atoms with Gasteiger partial charge in [-0.25, -0.2) is 8.42 Å². The molecule has 2 heterocycles. The summed E-state index contributed by atoms with van der Waals surface area (Å²) >= 11 is 1.53. The molecule has 0 saturated carbocycles. The van der Waals surface area contributed by atoms with Crippen molar-refractivity contribution < 1.29 is 31.1 Å². The zero-order valence-electron chi connectivity index (χ0n) is 18.8. The van der Waals surface area contributed by atoms with Gasteiger partial charge in [-0.05, 0) is 57.0 Å². The second-order valence-corrected chi connectivity index (χ2v) is 11.3. The van der Waals surface area contributed by atoms with E-state index in [4.69, 9.17) is 4.74 Å². The van der Waals surface area contributed by atoms with E-state index in [1.165, 1.54) is 41.0 Å². The Morgan fingerprint density at radius 1 is 1.12 bits per heavy atom. The number of sulfonamides is 1. The van der Waals surface area contributed by atoms with Gasteiger partial charge in [-0.2, -0.15) is 0 Å². The van der Waals surface area contributed by atoms with Gasteiger partial charge in [0.1, 0.15) is 11.5 Å². The largest absolute Gasteiger partial charge is 0.573 e. The van der Waals surface area contributed by atoms with Gasteiger partial charge in [0, 0.05) is 41.9 Å². The third-order valence-corrected chi connectivity index (χ3v) is 8.78. The van der Waals surface area contributed by atoms with E-state index < -0.39 is 22.1 Å². The molecular formula is C23H27F3N2O4S2. The van der Waals surface area contributed by atoms with Crippen LogP contribution in [0.25, 0.3) is 0 Å². The maximum atomic E-state index is 13.4. The number of halogens is 3. The second kappa shape index (κ2) is 10.2. The highest BCUT2D eigenvalue weighted by Crippen LogP contribution is 2.40. The van der Waals surface area contributed by atoms with Gasteiger partial charge in [0.25, 0.3) is 10.0 Å². The van der Waals surface area contributed by atoms with E-state index in [2.05, 4.69) is 16.6 Å². The predicted molar refractivity (Wildman–Crippen MR) is 125 cm³/mol. The fourth-order valence-corrected chi connectivity index (χ4v) is 6.91. The van der Waals surface area contributed by atoms with Crippen molar-refractivity contribution in [2.45, 2.75) is 48.4 Å². The van der Waals surface area contributed by atoms with E-state index in [0.717, 1.165) is 36.5 Å². The SMILES string of the molecule is CC1CCCN1CCCOc1ccc2c(c1)N(S(=O)(=O)c1cccc(OC(F)(F)F)c1)CCS2. The Hall–Kier alpha value is -2.11. The number of rotatable bonds is 8. The number of ether oxygens (including phenoxy) is 2. The van der Waals surface area contributed by atoms with Gasteiger partial charge in [0.2, 0.25) is 0 Å². The van der Waals surface area contributed by atoms with Crippen LogP contribution in [0.15, 0.2) is 52.3 Å². The van der Waals surface area contributed by atoms with Gasteiger partial charge in [0.15, 0.2) is 0 Å². The van der Waals surface area contributed by atoms with Crippen LogP contribution in [0.5, 0.6) is 11.5 Å². The highest BCUT2D eigenvalue weighted by molar-refractivity contribution is 8.00. The summed E-state index contributed by atoms with van der Waals surface area (Å²) in [5, 5.41) is 0. The lowest BCUT2D eigenvalue weighted by molar-refractivity contribution is -0.274. The van der Waals surface area contributed by atoms with Crippen molar-refractivity contribution in [3.05, 3.63) is 42.5 Å². The van der Waals surface area contributed by atoms with E-state index in [0.29, 0.717) is 29.8 Å². The zero-order valence-corrected chi connectivity index (χ0v) is 20.4. The second-order valence-electron chi connectivity index (χ2n) is 8.31. The van der Waals surface area contributed by atoms with Gasteiger partial charge in [-0.3, -0.25) is 4.31 Å². The summed E-state index contributed by atoms with van der Waals surface area (Å²) < 4.78 is 75.5. The molecule has 1 saturated heterocycles. The molecule has 0 radical (unpaired) electrons. The summed E-state index contributed by atoms with van der Waals surface area (Å²) in [6.07, 6.45) is -1.60. The van der Waals surface area contributed by atoms with E-state index in [9.17, 15) is 21.6 Å². The van der Waals surface area contributed by atoms with Gasteiger partial charge in [-0.15, -0.1) is 24.9 Å². The molecule has 1 atom stereocenters. The first-order valence-electron chi connectivity index (χ1n) is 11.2. The lowest BCUT2D eigenvalue weighted by atomic mass is 10.2. The Morgan fingerprint density at radius 3 is 2.68 bits per heavy atom. The zero-order chi connectivity index (χ0) is 24.3. The lowest BCUT2D eigenvalue weighted by Gasteiger charge is -2.30. The molecule has 0 aromatic heterocycles. The molecule has 34 heavy (non-hydrogen) atoms. The van der Waals surface area contributed by atoms with Crippen LogP contribution in [-0.4, -0.2) is 57.7 Å². The van der Waals surface area contributed by atoms with Crippen molar-refractivity contribution >= 4 is 27.5 Å². The quantitative estimate of drug-likeness (QED) is 0.453. The highest BCUT2D eigenvalue weighted by atomic mass is 32.2. The van der Waals surface area contributed by atoms with Gasteiger partial charge < -0.3 is 14.4 Å². The van der Waals surface area contributed by atoms with E-state index in [-0.39, 0.29) is 11.4 Å². The van der Waals surface area contributed by atoms with Crippen LogP contribution in [0.4, 0.5) is 18.9 Å². The fraction of sp³-hybridized carbons (Fsp3) is 0.478. The third-order valence-electron chi connectivity index (χ3n) is 5.93. The summed E-state index contributed by atoms with van der Waals surface area (Å²) in [6, 6.07) is 10.4. The number of anilines is 1. The van der Waals surface area contributed by atoms with Crippen molar-refractivity contribution in [3.8, 4) is 11.5 Å². The van der Waals surface area contributed by atoms with E-state index >= 15 is 0 Å². The summed E-state index contributed by atoms with van der Waals surface area (Å²) in [4.78, 5) is 2.95. The summed E-state index contributed by atoms with van der Waals surface area (Å²) in [5.74, 6) is 0.508. The van der Waals surface area contributed by atoms with Gasteiger partial charge in [-0.1, -0.05) is 6.07 Å². The number of benzene rings is 2. The first kappa shape index (κ1) is 25.0. The van der Waals surface area contributed by atoms with Crippen LogP contribution >= 0.6 is 11.8 Å². The first-order chi connectivity index (χ1) is 16.1. The molecule has 1 fully saturated rings. The molecule has 6 nitrogen and oxygen atoms in total. The molecule has 4 rings (SSSR count). The number of alkyl halides is 3. The number of nitrogens with zero attached hydrogens (tertiary/aromatic N) is 2. The molecule has 2 aliphatic heterocycles. The van der Waals surface area contributed by atoms with Crippen LogP contribution in [0.1, 0.15) is 26.2 Å². The minimum Gasteiger partial charge on any atom is -0.493 e. The first-order valence-corrected chi connectivity index (χ1v) is 13.6. The lowest BCUT2D eigenvalue weighted by Crippen LogP contribution is -2.35. The summed E-state index contributed by atoms with van der Waals surface area (Å²) in [7, 11) is -4.10. The minimum absolute atomic E-state index is 0.195. The molecular weight excluding hydrogens is 489 g/mol. The maximum Gasteiger partial charge on any atom is 0.573 e. The Kier molecular flexibility index (Phi) is 7.54. The summed E-state index contributed by atoms with van der Waals surface area (Å²) in [6.45, 7) is 5.01. The molecule has 186 valence electrons. The topological polar surface area (TPSA) is 59.1 Å².